The van der Waals surface area contributed by atoms with Crippen LogP contribution in [-0.4, -0.2) is 71.4 Å². The summed E-state index contributed by atoms with van der Waals surface area (Å²) >= 11 is 0. The minimum atomic E-state index is -3.09. The van der Waals surface area contributed by atoms with Gasteiger partial charge in [0.1, 0.15) is 12.1 Å². The summed E-state index contributed by atoms with van der Waals surface area (Å²) in [6.07, 6.45) is 4.50. The normalized spacial score (nSPS) is 15.1. The molecular weight excluding hydrogens is 392 g/mol. The number of amides is 1. The van der Waals surface area contributed by atoms with Crippen molar-refractivity contribution in [3.63, 3.8) is 0 Å². The van der Waals surface area contributed by atoms with Crippen molar-refractivity contribution >= 4 is 32.6 Å². The van der Waals surface area contributed by atoms with Crippen LogP contribution < -0.4 is 4.90 Å². The third-order valence-electron chi connectivity index (χ3n) is 5.00. The molecule has 4 rings (SSSR count). The first-order chi connectivity index (χ1) is 13.8. The Labute approximate surface area is 168 Å². The summed E-state index contributed by atoms with van der Waals surface area (Å²) < 4.78 is 24.5. The number of hydrogen-bond donors (Lipinski definition) is 0. The minimum absolute atomic E-state index is 0.0259. The average molecular weight is 414 g/mol. The lowest BCUT2D eigenvalue weighted by molar-refractivity contribution is 0.0746. The molecule has 0 radical (unpaired) electrons. The Morgan fingerprint density at radius 2 is 1.76 bits per heavy atom. The van der Waals surface area contributed by atoms with E-state index in [0.29, 0.717) is 37.3 Å². The Kier molecular flexibility index (Phi) is 4.95. The van der Waals surface area contributed by atoms with Gasteiger partial charge in [0.15, 0.2) is 15.5 Å². The maximum atomic E-state index is 12.8. The SMILES string of the molecule is Cn1ncc2c(N3CCN(C(=O)c4ccc(CS(C)(=O)=O)cc4)CC3)ncnc21. The van der Waals surface area contributed by atoms with Gasteiger partial charge in [0.2, 0.25) is 0 Å². The lowest BCUT2D eigenvalue weighted by Gasteiger charge is -2.35. The predicted octanol–water partition coefficient (Wildman–Crippen LogP) is 0.870. The van der Waals surface area contributed by atoms with E-state index >= 15 is 0 Å². The number of carbonyl (C=O) groups is 1. The molecule has 3 aromatic rings. The highest BCUT2D eigenvalue weighted by Gasteiger charge is 2.24. The molecule has 1 amide bonds. The zero-order valence-corrected chi connectivity index (χ0v) is 17.1. The van der Waals surface area contributed by atoms with Crippen LogP contribution in [0.4, 0.5) is 5.82 Å². The number of aryl methyl sites for hydroxylation is 1. The van der Waals surface area contributed by atoms with Crippen LogP contribution in [0.1, 0.15) is 15.9 Å². The van der Waals surface area contributed by atoms with E-state index in [1.54, 1.807) is 35.1 Å². The van der Waals surface area contributed by atoms with Crippen LogP contribution in [0.3, 0.4) is 0 Å². The molecule has 1 saturated heterocycles. The molecule has 0 unspecified atom stereocenters. The largest absolute Gasteiger partial charge is 0.352 e. The van der Waals surface area contributed by atoms with Gasteiger partial charge in [-0.2, -0.15) is 5.10 Å². The second-order valence-electron chi connectivity index (χ2n) is 7.25. The first kappa shape index (κ1) is 19.3. The van der Waals surface area contributed by atoms with Gasteiger partial charge in [-0.25, -0.2) is 18.4 Å². The van der Waals surface area contributed by atoms with Crippen molar-refractivity contribution in [2.24, 2.45) is 7.05 Å². The molecule has 152 valence electrons. The molecule has 1 fully saturated rings. The fourth-order valence-corrected chi connectivity index (χ4v) is 4.35. The molecular formula is C19H22N6O3S. The van der Waals surface area contributed by atoms with E-state index in [4.69, 9.17) is 0 Å². The van der Waals surface area contributed by atoms with E-state index in [1.165, 1.54) is 12.6 Å². The Bertz CT molecular complexity index is 1150. The summed E-state index contributed by atoms with van der Waals surface area (Å²) in [6, 6.07) is 6.78. The van der Waals surface area contributed by atoms with Gasteiger partial charge >= 0.3 is 0 Å². The van der Waals surface area contributed by atoms with Gasteiger partial charge in [-0.3, -0.25) is 9.48 Å². The van der Waals surface area contributed by atoms with Crippen molar-refractivity contribution in [1.82, 2.24) is 24.6 Å². The highest BCUT2D eigenvalue weighted by Crippen LogP contribution is 2.23. The van der Waals surface area contributed by atoms with Crippen LogP contribution in [0.15, 0.2) is 36.8 Å². The highest BCUT2D eigenvalue weighted by atomic mass is 32.2. The Balaban J connectivity index is 1.43. The van der Waals surface area contributed by atoms with Gasteiger partial charge in [0.25, 0.3) is 5.91 Å². The topological polar surface area (TPSA) is 101 Å². The number of fused-ring (bicyclic) bond motifs is 1. The molecule has 0 spiro atoms. The fraction of sp³-hybridized carbons (Fsp3) is 0.368. The number of rotatable bonds is 4. The van der Waals surface area contributed by atoms with Crippen LogP contribution in [0.25, 0.3) is 11.0 Å². The molecule has 0 atom stereocenters. The molecule has 1 aliphatic heterocycles. The van der Waals surface area contributed by atoms with Crippen molar-refractivity contribution in [2.45, 2.75) is 5.75 Å². The Hall–Kier alpha value is -3.01. The lowest BCUT2D eigenvalue weighted by atomic mass is 10.1. The molecule has 1 aliphatic rings. The molecule has 10 heteroatoms. The number of benzene rings is 1. The van der Waals surface area contributed by atoms with E-state index in [2.05, 4.69) is 20.0 Å². The van der Waals surface area contributed by atoms with Crippen LogP contribution in [0, 0.1) is 0 Å². The number of anilines is 1. The summed E-state index contributed by atoms with van der Waals surface area (Å²) in [7, 11) is -1.25. The lowest BCUT2D eigenvalue weighted by Crippen LogP contribution is -2.49. The second kappa shape index (κ2) is 7.43. The number of sulfone groups is 1. The van der Waals surface area contributed by atoms with E-state index in [9.17, 15) is 13.2 Å². The molecule has 9 nitrogen and oxygen atoms in total. The smallest absolute Gasteiger partial charge is 0.253 e. The van der Waals surface area contributed by atoms with Gasteiger partial charge in [-0.15, -0.1) is 0 Å². The third kappa shape index (κ3) is 4.07. The van der Waals surface area contributed by atoms with E-state index in [1.807, 2.05) is 11.9 Å². The van der Waals surface area contributed by atoms with Crippen LogP contribution in [-0.2, 0) is 22.6 Å². The average Bonchev–Trinajstić information content (AvgIpc) is 3.08. The number of aromatic nitrogens is 4. The number of piperazine rings is 1. The third-order valence-corrected chi connectivity index (χ3v) is 5.86. The summed E-state index contributed by atoms with van der Waals surface area (Å²) in [6.45, 7) is 2.49. The maximum absolute atomic E-state index is 12.8. The van der Waals surface area contributed by atoms with E-state index < -0.39 is 9.84 Å². The van der Waals surface area contributed by atoms with Gasteiger partial charge in [0, 0.05) is 45.0 Å². The number of nitrogens with zero attached hydrogens (tertiary/aromatic N) is 6. The molecule has 0 saturated carbocycles. The van der Waals surface area contributed by atoms with Crippen LogP contribution in [0.5, 0.6) is 0 Å². The molecule has 1 aromatic carbocycles. The molecule has 0 N–H and O–H groups in total. The second-order valence-corrected chi connectivity index (χ2v) is 9.39. The quantitative estimate of drug-likeness (QED) is 0.624. The fourth-order valence-electron chi connectivity index (χ4n) is 3.55. The monoisotopic (exact) mass is 414 g/mol. The number of hydrogen-bond acceptors (Lipinski definition) is 7. The van der Waals surface area contributed by atoms with Gasteiger partial charge < -0.3 is 9.80 Å². The number of carbonyl (C=O) groups excluding carboxylic acids is 1. The summed E-state index contributed by atoms with van der Waals surface area (Å²) in [5, 5.41) is 5.15. The van der Waals surface area contributed by atoms with Crippen molar-refractivity contribution in [3.8, 4) is 0 Å². The van der Waals surface area contributed by atoms with Crippen molar-refractivity contribution < 1.29 is 13.2 Å². The molecule has 29 heavy (non-hydrogen) atoms. The predicted molar refractivity (Wildman–Crippen MR) is 109 cm³/mol. The van der Waals surface area contributed by atoms with Gasteiger partial charge in [-0.05, 0) is 17.7 Å². The highest BCUT2D eigenvalue weighted by molar-refractivity contribution is 7.89. The summed E-state index contributed by atoms with van der Waals surface area (Å²) in [5.41, 5.74) is 2.02. The summed E-state index contributed by atoms with van der Waals surface area (Å²) in [4.78, 5) is 25.4. The van der Waals surface area contributed by atoms with Gasteiger partial charge in [0.05, 0.1) is 17.3 Å². The van der Waals surface area contributed by atoms with E-state index in [-0.39, 0.29) is 11.7 Å². The van der Waals surface area contributed by atoms with Crippen molar-refractivity contribution in [2.75, 3.05) is 37.3 Å². The minimum Gasteiger partial charge on any atom is -0.352 e. The Morgan fingerprint density at radius 1 is 1.07 bits per heavy atom. The molecule has 3 heterocycles. The van der Waals surface area contributed by atoms with Crippen LogP contribution in [0.2, 0.25) is 0 Å². The van der Waals surface area contributed by atoms with Crippen molar-refractivity contribution in [1.29, 1.82) is 0 Å². The first-order valence-electron chi connectivity index (χ1n) is 9.25. The molecule has 0 bridgehead atoms. The van der Waals surface area contributed by atoms with Crippen molar-refractivity contribution in [3.05, 3.63) is 47.9 Å². The summed E-state index contributed by atoms with van der Waals surface area (Å²) in [5.74, 6) is 0.757. The molecule has 0 aliphatic carbocycles. The van der Waals surface area contributed by atoms with E-state index in [0.717, 1.165) is 16.9 Å². The Morgan fingerprint density at radius 3 is 2.41 bits per heavy atom. The zero-order valence-electron chi connectivity index (χ0n) is 16.3. The van der Waals surface area contributed by atoms with Crippen LogP contribution >= 0.6 is 0 Å². The van der Waals surface area contributed by atoms with Gasteiger partial charge in [-0.1, -0.05) is 12.1 Å². The zero-order chi connectivity index (χ0) is 20.6. The molecule has 2 aromatic heterocycles. The standard InChI is InChI=1S/C19H22N6O3S/c1-23-17-16(11-22-23)18(21-13-20-17)24-7-9-25(10-8-24)19(26)15-5-3-14(4-6-15)12-29(2,27)28/h3-6,11,13H,7-10,12H2,1-2H3. The first-order valence-corrected chi connectivity index (χ1v) is 11.3. The maximum Gasteiger partial charge on any atom is 0.253 e.